The van der Waals surface area contributed by atoms with Crippen LogP contribution in [0.1, 0.15) is 73.3 Å². The fourth-order valence-corrected chi connectivity index (χ4v) is 8.35. The minimum Gasteiger partial charge on any atom is -0.467 e. The predicted octanol–water partition coefficient (Wildman–Crippen LogP) is 4.86. The highest BCUT2D eigenvalue weighted by atomic mass is 19.4. The van der Waals surface area contributed by atoms with Crippen molar-refractivity contribution in [1.29, 1.82) is 0 Å². The molecule has 194 valence electrons. The molecule has 36 heavy (non-hydrogen) atoms. The Hall–Kier alpha value is -2.49. The van der Waals surface area contributed by atoms with Gasteiger partial charge in [0.1, 0.15) is 11.6 Å². The Morgan fingerprint density at radius 3 is 2.28 bits per heavy atom. The fourth-order valence-electron chi connectivity index (χ4n) is 8.35. The van der Waals surface area contributed by atoms with Crippen LogP contribution in [0.15, 0.2) is 28.9 Å². The number of hydrogen-bond donors (Lipinski definition) is 1. The zero-order valence-electron chi connectivity index (χ0n) is 20.2. The maximum absolute atomic E-state index is 13.9. The third-order valence-electron chi connectivity index (χ3n) is 9.54. The van der Waals surface area contributed by atoms with E-state index < -0.39 is 18.3 Å². The molecule has 2 aromatic heterocycles. The Kier molecular flexibility index (Phi) is 5.04. The van der Waals surface area contributed by atoms with Crippen LogP contribution in [-0.2, 0) is 0 Å². The van der Waals surface area contributed by atoms with E-state index in [0.29, 0.717) is 24.4 Å². The summed E-state index contributed by atoms with van der Waals surface area (Å²) in [5, 5.41) is 7.25. The van der Waals surface area contributed by atoms with E-state index in [1.165, 1.54) is 50.9 Å². The number of fused-ring (bicyclic) bond motifs is 1. The molecule has 2 atom stereocenters. The third-order valence-corrected chi connectivity index (χ3v) is 9.54. The lowest BCUT2D eigenvalue weighted by atomic mass is 9.52. The largest absolute Gasteiger partial charge is 0.467 e. The molecule has 0 spiro atoms. The average Bonchev–Trinajstić information content (AvgIpc) is 3.52. The van der Waals surface area contributed by atoms with Crippen molar-refractivity contribution in [2.45, 2.75) is 68.7 Å². The summed E-state index contributed by atoms with van der Waals surface area (Å²) in [6.07, 6.45) is 4.79. The molecule has 1 N–H and O–H groups in total. The van der Waals surface area contributed by atoms with E-state index >= 15 is 0 Å². The first-order valence-electron chi connectivity index (χ1n) is 13.3. The Labute approximate surface area is 208 Å². The number of aromatic nitrogens is 2. The lowest BCUT2D eigenvalue weighted by Crippen LogP contribution is -2.64. The van der Waals surface area contributed by atoms with Gasteiger partial charge in [0.15, 0.2) is 11.7 Å². The van der Waals surface area contributed by atoms with E-state index in [9.17, 15) is 18.0 Å². The Morgan fingerprint density at radius 2 is 1.69 bits per heavy atom. The maximum atomic E-state index is 13.9. The van der Waals surface area contributed by atoms with Gasteiger partial charge in [-0.25, -0.2) is 4.68 Å². The van der Waals surface area contributed by atoms with E-state index in [2.05, 4.69) is 15.3 Å². The summed E-state index contributed by atoms with van der Waals surface area (Å²) in [5.74, 6) is 2.94. The van der Waals surface area contributed by atoms with Gasteiger partial charge in [-0.3, -0.25) is 9.69 Å². The summed E-state index contributed by atoms with van der Waals surface area (Å²) in [7, 11) is 0. The number of alkyl halides is 3. The molecule has 8 rings (SSSR count). The van der Waals surface area contributed by atoms with Crippen molar-refractivity contribution in [3.8, 4) is 0 Å². The molecule has 1 saturated heterocycles. The molecule has 4 saturated carbocycles. The van der Waals surface area contributed by atoms with E-state index in [1.54, 1.807) is 17.0 Å². The van der Waals surface area contributed by atoms with Crippen LogP contribution in [0.5, 0.6) is 0 Å². The van der Waals surface area contributed by atoms with Gasteiger partial charge < -0.3 is 14.6 Å². The number of piperazine rings is 1. The zero-order valence-corrected chi connectivity index (χ0v) is 20.2. The highest BCUT2D eigenvalue weighted by Crippen LogP contribution is 2.58. The van der Waals surface area contributed by atoms with Crippen molar-refractivity contribution in [3.05, 3.63) is 35.9 Å². The number of halogens is 3. The first kappa shape index (κ1) is 22.7. The molecule has 2 aliphatic heterocycles. The lowest BCUT2D eigenvalue weighted by molar-refractivity contribution is -0.174. The molecule has 4 bridgehead atoms. The fraction of sp³-hybridized carbons (Fsp3) is 0.692. The van der Waals surface area contributed by atoms with Crippen LogP contribution in [0, 0.1) is 17.8 Å². The van der Waals surface area contributed by atoms with E-state index in [1.807, 2.05) is 0 Å². The molecule has 2 aromatic rings. The van der Waals surface area contributed by atoms with Crippen LogP contribution in [0.4, 0.5) is 19.0 Å². The zero-order chi connectivity index (χ0) is 24.7. The number of carbonyl (C=O) groups is 1. The molecule has 10 heteroatoms. The monoisotopic (exact) mass is 503 g/mol. The summed E-state index contributed by atoms with van der Waals surface area (Å²) in [6, 6.07) is 2.32. The number of anilines is 1. The van der Waals surface area contributed by atoms with Crippen molar-refractivity contribution in [3.63, 3.8) is 0 Å². The van der Waals surface area contributed by atoms with Gasteiger partial charge in [-0.1, -0.05) is 0 Å². The van der Waals surface area contributed by atoms with Crippen molar-refractivity contribution < 1.29 is 22.4 Å². The molecule has 4 aliphatic carbocycles. The second kappa shape index (κ2) is 8.00. The molecule has 0 aromatic carbocycles. The molecule has 0 unspecified atom stereocenters. The van der Waals surface area contributed by atoms with Gasteiger partial charge in [0, 0.05) is 44.2 Å². The van der Waals surface area contributed by atoms with Crippen molar-refractivity contribution in [1.82, 2.24) is 19.6 Å². The van der Waals surface area contributed by atoms with Crippen LogP contribution in [0.3, 0.4) is 0 Å². The molecular formula is C26H32F3N5O2. The molecular weight excluding hydrogens is 471 g/mol. The average molecular weight is 504 g/mol. The summed E-state index contributed by atoms with van der Waals surface area (Å²) in [5.41, 5.74) is 0.373. The molecule has 4 heterocycles. The van der Waals surface area contributed by atoms with Gasteiger partial charge in [-0.05, 0) is 68.4 Å². The van der Waals surface area contributed by atoms with Gasteiger partial charge in [0.2, 0.25) is 0 Å². The maximum Gasteiger partial charge on any atom is 0.410 e. The van der Waals surface area contributed by atoms with Gasteiger partial charge in [0.05, 0.1) is 12.3 Å². The quantitative estimate of drug-likeness (QED) is 0.648. The van der Waals surface area contributed by atoms with E-state index in [4.69, 9.17) is 4.42 Å². The van der Waals surface area contributed by atoms with Crippen molar-refractivity contribution >= 4 is 11.7 Å². The second-order valence-corrected chi connectivity index (χ2v) is 11.8. The Bertz CT molecular complexity index is 1100. The van der Waals surface area contributed by atoms with Crippen LogP contribution in [-0.4, -0.2) is 63.4 Å². The summed E-state index contributed by atoms with van der Waals surface area (Å²) < 4.78 is 48.1. The molecule has 5 fully saturated rings. The lowest BCUT2D eigenvalue weighted by Gasteiger charge is -2.61. The Morgan fingerprint density at radius 1 is 1.03 bits per heavy atom. The number of amides is 1. The van der Waals surface area contributed by atoms with Gasteiger partial charge in [-0.15, -0.1) is 0 Å². The highest BCUT2D eigenvalue weighted by molar-refractivity contribution is 5.93. The number of rotatable bonds is 3. The van der Waals surface area contributed by atoms with Crippen LogP contribution in [0.25, 0.3) is 0 Å². The normalized spacial score (nSPS) is 36.1. The number of carbonyl (C=O) groups excluding carboxylic acids is 1. The summed E-state index contributed by atoms with van der Waals surface area (Å²) in [6.45, 7) is 2.84. The van der Waals surface area contributed by atoms with Crippen molar-refractivity contribution in [2.75, 3.05) is 31.5 Å². The number of hydrogen-bond acceptors (Lipinski definition) is 5. The van der Waals surface area contributed by atoms with Crippen LogP contribution in [0.2, 0.25) is 0 Å². The minimum atomic E-state index is -4.49. The topological polar surface area (TPSA) is 66.5 Å². The highest BCUT2D eigenvalue weighted by Gasteiger charge is 2.54. The van der Waals surface area contributed by atoms with E-state index in [-0.39, 0.29) is 23.8 Å². The van der Waals surface area contributed by atoms with Crippen molar-refractivity contribution in [2.24, 2.45) is 17.8 Å². The standard InChI is InChI=1S/C26H32F3N5O2/c27-26(28,29)22-11-19(21-2-1-7-36-21)30-23-12-20(31-34(22)23)24(35)32-3-5-33(6-4-32)25-13-16-8-17(14-25)10-18(9-16)15-25/h1-2,7,12,16-19,22,30H,3-6,8-11,13-15H2/t16?,17?,18?,19-,22+,25?/m1/s1. The molecule has 0 radical (unpaired) electrons. The van der Waals surface area contributed by atoms with Crippen LogP contribution < -0.4 is 5.32 Å². The van der Waals surface area contributed by atoms with Crippen LogP contribution >= 0.6 is 0 Å². The smallest absolute Gasteiger partial charge is 0.410 e. The molecule has 6 aliphatic rings. The predicted molar refractivity (Wildman–Crippen MR) is 125 cm³/mol. The number of nitrogens with one attached hydrogen (secondary N) is 1. The number of furan rings is 1. The van der Waals surface area contributed by atoms with Gasteiger partial charge in [0.25, 0.3) is 5.91 Å². The van der Waals surface area contributed by atoms with Gasteiger partial charge >= 0.3 is 6.18 Å². The van der Waals surface area contributed by atoms with Gasteiger partial charge in [-0.2, -0.15) is 18.3 Å². The Balaban J connectivity index is 1.07. The first-order chi connectivity index (χ1) is 17.3. The number of nitrogens with zero attached hydrogens (tertiary/aromatic N) is 4. The summed E-state index contributed by atoms with van der Waals surface area (Å²) >= 11 is 0. The SMILES string of the molecule is O=C(c1cc2n(n1)[C@H](C(F)(F)F)C[C@H](c1ccco1)N2)N1CCN(C23CC4CC(CC(C4)C2)C3)CC1. The summed E-state index contributed by atoms with van der Waals surface area (Å²) in [4.78, 5) is 17.7. The molecule has 1 amide bonds. The third kappa shape index (κ3) is 3.66. The first-order valence-corrected chi connectivity index (χ1v) is 13.3. The van der Waals surface area contributed by atoms with E-state index in [0.717, 1.165) is 35.5 Å². The minimum absolute atomic E-state index is 0.0649. The second-order valence-electron chi connectivity index (χ2n) is 11.8. The molecule has 7 nitrogen and oxygen atoms in total.